The molecule has 1 fully saturated rings. The number of halogens is 1. The molecule has 0 amide bonds. The van der Waals surface area contributed by atoms with Crippen molar-refractivity contribution in [2.45, 2.75) is 25.9 Å². The van der Waals surface area contributed by atoms with Gasteiger partial charge >= 0.3 is 0 Å². The molecule has 1 aliphatic heterocycles. The number of aromatic amines is 1. The molecule has 6 heteroatoms. The molecule has 0 saturated carbocycles. The van der Waals surface area contributed by atoms with Gasteiger partial charge in [0.2, 0.25) is 0 Å². The van der Waals surface area contributed by atoms with Gasteiger partial charge in [0.05, 0.1) is 23.9 Å². The van der Waals surface area contributed by atoms with E-state index in [2.05, 4.69) is 10.1 Å². The lowest BCUT2D eigenvalue weighted by Gasteiger charge is -2.03. The highest BCUT2D eigenvalue weighted by Crippen LogP contribution is 2.14. The van der Waals surface area contributed by atoms with E-state index >= 15 is 0 Å². The number of H-pyrrole nitrogens is 1. The van der Waals surface area contributed by atoms with Crippen LogP contribution in [0, 0.1) is 6.92 Å². The molecule has 1 atom stereocenters. The first-order valence-corrected chi connectivity index (χ1v) is 7.72. The molecule has 2 aromatic rings. The van der Waals surface area contributed by atoms with E-state index in [4.69, 9.17) is 16.3 Å². The fourth-order valence-corrected chi connectivity index (χ4v) is 2.74. The number of hydrogen-bond acceptors (Lipinski definition) is 3. The normalized spacial score (nSPS) is 18.4. The molecule has 0 radical (unpaired) electrons. The fraction of sp³-hybridized carbons (Fsp3) is 0.375. The molecular formula is C16H18ClN3O2. The first-order valence-electron chi connectivity index (χ1n) is 7.34. The van der Waals surface area contributed by atoms with Crippen molar-refractivity contribution in [2.24, 2.45) is 4.99 Å². The molecule has 1 saturated heterocycles. The number of hydrogen-bond donors (Lipinski definition) is 1. The van der Waals surface area contributed by atoms with Crippen molar-refractivity contribution in [3.63, 3.8) is 0 Å². The number of aliphatic imine (C=N–C) groups is 1. The zero-order chi connectivity index (χ0) is 15.5. The van der Waals surface area contributed by atoms with Gasteiger partial charge in [-0.15, -0.1) is 0 Å². The van der Waals surface area contributed by atoms with E-state index in [1.54, 1.807) is 18.3 Å². The Labute approximate surface area is 133 Å². The van der Waals surface area contributed by atoms with Crippen LogP contribution in [0.15, 0.2) is 34.1 Å². The molecule has 1 aromatic heterocycles. The Hall–Kier alpha value is -1.85. The third kappa shape index (κ3) is 3.15. The molecule has 2 heterocycles. The maximum atomic E-state index is 12.5. The van der Waals surface area contributed by atoms with Crippen molar-refractivity contribution >= 4 is 17.8 Å². The topological polar surface area (TPSA) is 59.4 Å². The summed E-state index contributed by atoms with van der Waals surface area (Å²) in [5, 5.41) is 3.65. The molecule has 0 bridgehead atoms. The third-order valence-electron chi connectivity index (χ3n) is 3.74. The van der Waals surface area contributed by atoms with Gasteiger partial charge in [-0.3, -0.25) is 14.9 Å². The zero-order valence-electron chi connectivity index (χ0n) is 12.4. The Kier molecular flexibility index (Phi) is 4.45. The minimum absolute atomic E-state index is 0.129. The number of aryl methyl sites for hydroxylation is 1. The van der Waals surface area contributed by atoms with Gasteiger partial charge in [0.1, 0.15) is 0 Å². The first kappa shape index (κ1) is 15.1. The Bertz CT molecular complexity index is 742. The van der Waals surface area contributed by atoms with E-state index in [-0.39, 0.29) is 11.7 Å². The smallest absolute Gasteiger partial charge is 0.280 e. The average Bonchev–Trinajstić information content (AvgIpc) is 3.10. The number of benzene rings is 1. The minimum atomic E-state index is -0.129. The van der Waals surface area contributed by atoms with Crippen LogP contribution in [0.2, 0.25) is 5.02 Å². The molecule has 3 rings (SSSR count). The molecule has 22 heavy (non-hydrogen) atoms. The van der Waals surface area contributed by atoms with Crippen LogP contribution in [0.1, 0.15) is 24.1 Å². The van der Waals surface area contributed by atoms with Crippen molar-refractivity contribution in [2.75, 3.05) is 13.2 Å². The summed E-state index contributed by atoms with van der Waals surface area (Å²) in [7, 11) is 0. The Morgan fingerprint density at radius 1 is 1.55 bits per heavy atom. The monoisotopic (exact) mass is 319 g/mol. The van der Waals surface area contributed by atoms with Crippen molar-refractivity contribution < 1.29 is 4.74 Å². The van der Waals surface area contributed by atoms with Gasteiger partial charge in [-0.25, -0.2) is 4.68 Å². The molecule has 1 aromatic carbocycles. The van der Waals surface area contributed by atoms with Gasteiger partial charge in [0.25, 0.3) is 5.56 Å². The van der Waals surface area contributed by atoms with E-state index < -0.39 is 0 Å². The summed E-state index contributed by atoms with van der Waals surface area (Å²) in [6.45, 7) is 3.27. The van der Waals surface area contributed by atoms with Gasteiger partial charge in [0, 0.05) is 23.5 Å². The molecule has 116 valence electrons. The number of nitrogens with zero attached hydrogens (tertiary/aromatic N) is 2. The van der Waals surface area contributed by atoms with Crippen LogP contribution in [0.3, 0.4) is 0 Å². The van der Waals surface area contributed by atoms with Crippen molar-refractivity contribution in [3.8, 4) is 5.69 Å². The third-order valence-corrected chi connectivity index (χ3v) is 3.97. The molecular weight excluding hydrogens is 302 g/mol. The second kappa shape index (κ2) is 6.50. The van der Waals surface area contributed by atoms with Crippen LogP contribution in [-0.4, -0.2) is 35.3 Å². The summed E-state index contributed by atoms with van der Waals surface area (Å²) in [6, 6.07) is 7.16. The van der Waals surface area contributed by atoms with Gasteiger partial charge in [0.15, 0.2) is 0 Å². The average molecular weight is 320 g/mol. The van der Waals surface area contributed by atoms with Crippen molar-refractivity contribution in [3.05, 3.63) is 50.9 Å². The van der Waals surface area contributed by atoms with E-state index in [1.807, 2.05) is 19.1 Å². The molecule has 1 N–H and O–H groups in total. The lowest BCUT2D eigenvalue weighted by Crippen LogP contribution is -2.17. The highest BCUT2D eigenvalue weighted by atomic mass is 35.5. The van der Waals surface area contributed by atoms with Crippen LogP contribution < -0.4 is 5.56 Å². The summed E-state index contributed by atoms with van der Waals surface area (Å²) in [5.41, 5.74) is 1.93. The van der Waals surface area contributed by atoms with E-state index in [0.29, 0.717) is 22.8 Å². The summed E-state index contributed by atoms with van der Waals surface area (Å²) in [6.07, 6.45) is 3.95. The van der Waals surface area contributed by atoms with Crippen molar-refractivity contribution in [1.82, 2.24) is 9.78 Å². The fourth-order valence-electron chi connectivity index (χ4n) is 2.56. The maximum absolute atomic E-state index is 12.5. The van der Waals surface area contributed by atoms with Gasteiger partial charge < -0.3 is 4.74 Å². The number of ether oxygens (including phenoxy) is 1. The summed E-state index contributed by atoms with van der Waals surface area (Å²) >= 11 is 5.98. The quantitative estimate of drug-likeness (QED) is 0.881. The second-order valence-electron chi connectivity index (χ2n) is 5.40. The van der Waals surface area contributed by atoms with Crippen LogP contribution in [-0.2, 0) is 4.74 Å². The maximum Gasteiger partial charge on any atom is 0.280 e. The summed E-state index contributed by atoms with van der Waals surface area (Å²) in [4.78, 5) is 16.9. The molecule has 1 unspecified atom stereocenters. The van der Waals surface area contributed by atoms with Gasteiger partial charge in [-0.1, -0.05) is 17.7 Å². The van der Waals surface area contributed by atoms with Crippen LogP contribution in [0.4, 0.5) is 0 Å². The summed E-state index contributed by atoms with van der Waals surface area (Å²) < 4.78 is 7.00. The van der Waals surface area contributed by atoms with Gasteiger partial charge in [-0.2, -0.15) is 0 Å². The Morgan fingerprint density at radius 2 is 2.41 bits per heavy atom. The molecule has 1 aliphatic rings. The standard InChI is InChI=1S/C16H18ClN3O2/c1-11-15(10-18-9-14-6-3-7-22-14)16(21)20(19-11)13-5-2-4-12(17)8-13/h2,4-5,8,10,14,19H,3,6-7,9H2,1H3. The number of nitrogens with one attached hydrogen (secondary N) is 1. The van der Waals surface area contributed by atoms with Crippen molar-refractivity contribution in [1.29, 1.82) is 0 Å². The highest BCUT2D eigenvalue weighted by molar-refractivity contribution is 6.30. The van der Waals surface area contributed by atoms with Crippen LogP contribution in [0.25, 0.3) is 5.69 Å². The largest absolute Gasteiger partial charge is 0.376 e. The van der Waals surface area contributed by atoms with E-state index in [0.717, 1.165) is 25.1 Å². The molecule has 0 aliphatic carbocycles. The SMILES string of the molecule is Cc1[nH]n(-c2cccc(Cl)c2)c(=O)c1C=NCC1CCCO1. The summed E-state index contributed by atoms with van der Waals surface area (Å²) in [5.74, 6) is 0. The lowest BCUT2D eigenvalue weighted by atomic mass is 10.2. The highest BCUT2D eigenvalue weighted by Gasteiger charge is 2.15. The van der Waals surface area contributed by atoms with Crippen LogP contribution in [0.5, 0.6) is 0 Å². The van der Waals surface area contributed by atoms with Crippen LogP contribution >= 0.6 is 11.6 Å². The Morgan fingerprint density at radius 3 is 3.14 bits per heavy atom. The lowest BCUT2D eigenvalue weighted by molar-refractivity contribution is 0.118. The second-order valence-corrected chi connectivity index (χ2v) is 5.84. The minimum Gasteiger partial charge on any atom is -0.376 e. The predicted octanol–water partition coefficient (Wildman–Crippen LogP) is 2.73. The molecule has 5 nitrogen and oxygen atoms in total. The number of rotatable bonds is 4. The van der Waals surface area contributed by atoms with E-state index in [1.165, 1.54) is 4.68 Å². The number of aromatic nitrogens is 2. The Balaban J connectivity index is 1.83. The first-order chi connectivity index (χ1) is 10.6. The van der Waals surface area contributed by atoms with Gasteiger partial charge in [-0.05, 0) is 38.0 Å². The van der Waals surface area contributed by atoms with E-state index in [9.17, 15) is 4.79 Å². The zero-order valence-corrected chi connectivity index (χ0v) is 13.1. The predicted molar refractivity (Wildman–Crippen MR) is 87.6 cm³/mol. The molecule has 0 spiro atoms.